The Morgan fingerprint density at radius 1 is 0.605 bits per heavy atom. The van der Waals surface area contributed by atoms with Gasteiger partial charge in [-0.05, 0) is 0 Å². The molecule has 0 spiro atoms. The fraction of sp³-hybridized carbons (Fsp3) is 0.895. The summed E-state index contributed by atoms with van der Waals surface area (Å²) in [6, 6.07) is 0. The van der Waals surface area contributed by atoms with Crippen LogP contribution in [0.15, 0.2) is 0 Å². The van der Waals surface area contributed by atoms with E-state index in [4.69, 9.17) is 0 Å². The first-order valence-electron chi connectivity index (χ1n) is 10.7. The number of alkyl halides is 18. The fourth-order valence-corrected chi connectivity index (χ4v) is 3.71. The molecule has 0 aromatic heterocycles. The molecule has 0 bridgehead atoms. The number of carbonyl (C=O) groups excluding carboxylic acids is 2. The van der Waals surface area contributed by atoms with Crippen LogP contribution in [-0.2, 0) is 19.1 Å². The Kier molecular flexibility index (Phi) is 12.2. The highest BCUT2D eigenvalue weighted by Crippen LogP contribution is 2.54. The number of hydrogen-bond acceptors (Lipinski definition) is 5. The van der Waals surface area contributed by atoms with Gasteiger partial charge in [0.15, 0.2) is 13.2 Å². The quantitative estimate of drug-likeness (QED) is 0.116. The molecule has 0 radical (unpaired) electrons. The highest BCUT2D eigenvalue weighted by Gasteiger charge is 2.83. The molecule has 0 saturated heterocycles. The molecule has 0 rings (SSSR count). The summed E-state index contributed by atoms with van der Waals surface area (Å²) < 4.78 is 240. The lowest BCUT2D eigenvalue weighted by molar-refractivity contribution is -0.867. The van der Waals surface area contributed by atoms with E-state index in [0.29, 0.717) is 0 Å². The van der Waals surface area contributed by atoms with Crippen molar-refractivity contribution in [3.05, 3.63) is 0 Å². The Hall–Kier alpha value is -2.01. The van der Waals surface area contributed by atoms with Gasteiger partial charge in [-0.3, -0.25) is 9.59 Å². The number of esters is 2. The second-order valence-corrected chi connectivity index (χ2v) is 10.9. The lowest BCUT2D eigenvalue weighted by Gasteiger charge is -2.33. The molecule has 0 aromatic rings. The predicted octanol–water partition coefficient (Wildman–Crippen LogP) is 6.21. The standard InChI is InChI=1S/C19H20F18NO4S/c1-38(2,3)4-5-43-9(11(40)42-8-13(22,23)15(26,27)17(30,31)19(35,36)37)6-10(39)41-7-12(20,21)14(24,25)16(28,29)18(32,33)34/h9H,4-8H2,1-3H3/q+1. The van der Waals surface area contributed by atoms with Crippen LogP contribution in [0.25, 0.3) is 0 Å². The summed E-state index contributed by atoms with van der Waals surface area (Å²) in [6.45, 7) is -6.37. The molecule has 0 aliphatic heterocycles. The summed E-state index contributed by atoms with van der Waals surface area (Å²) in [6.07, 6.45) is -16.2. The van der Waals surface area contributed by atoms with Gasteiger partial charge in [0.1, 0.15) is 5.25 Å². The Labute approximate surface area is 233 Å². The van der Waals surface area contributed by atoms with E-state index >= 15 is 0 Å². The van der Waals surface area contributed by atoms with E-state index in [9.17, 15) is 88.6 Å². The van der Waals surface area contributed by atoms with Gasteiger partial charge < -0.3 is 14.0 Å². The molecule has 0 N–H and O–H groups in total. The summed E-state index contributed by atoms with van der Waals surface area (Å²) in [4.78, 5) is 23.9. The van der Waals surface area contributed by atoms with E-state index < -0.39 is 84.7 Å². The van der Waals surface area contributed by atoms with E-state index in [2.05, 4.69) is 9.47 Å². The number of carbonyl (C=O) groups is 2. The van der Waals surface area contributed by atoms with Gasteiger partial charge in [-0.1, -0.05) is 0 Å². The molecule has 24 heteroatoms. The molecule has 1 atom stereocenters. The molecule has 0 aromatic carbocycles. The zero-order valence-corrected chi connectivity index (χ0v) is 22.2. The third-order valence-corrected chi connectivity index (χ3v) is 6.11. The maximum Gasteiger partial charge on any atom is 0.460 e. The molecule has 43 heavy (non-hydrogen) atoms. The molecule has 256 valence electrons. The normalized spacial score (nSPS) is 15.7. The minimum absolute atomic E-state index is 0.0215. The van der Waals surface area contributed by atoms with Crippen molar-refractivity contribution in [2.45, 2.75) is 59.6 Å². The molecule has 5 nitrogen and oxygen atoms in total. The molecular formula is C19H20F18NO4S+. The SMILES string of the molecule is C[N+](C)(C)CCSC(CC(=O)OCC(F)(F)C(F)(F)C(F)(F)C(F)(F)F)C(=O)OCC(F)(F)C(F)(F)C(F)(F)C(F)(F)F. The summed E-state index contributed by atoms with van der Waals surface area (Å²) >= 11 is 0.143. The second-order valence-electron chi connectivity index (χ2n) is 9.55. The number of rotatable bonds is 15. The van der Waals surface area contributed by atoms with Crippen LogP contribution in [0.1, 0.15) is 6.42 Å². The monoisotopic (exact) mass is 700 g/mol. The van der Waals surface area contributed by atoms with Crippen LogP contribution in [-0.4, -0.2) is 116 Å². The average Bonchev–Trinajstić information content (AvgIpc) is 2.77. The van der Waals surface area contributed by atoms with Gasteiger partial charge >= 0.3 is 59.8 Å². The van der Waals surface area contributed by atoms with Crippen molar-refractivity contribution in [2.75, 3.05) is 46.7 Å². The van der Waals surface area contributed by atoms with Crippen LogP contribution in [0.2, 0.25) is 0 Å². The van der Waals surface area contributed by atoms with Crippen molar-refractivity contribution in [3.8, 4) is 0 Å². The topological polar surface area (TPSA) is 52.6 Å². The molecular weight excluding hydrogens is 680 g/mol. The van der Waals surface area contributed by atoms with E-state index in [-0.39, 0.29) is 28.5 Å². The Balaban J connectivity index is 5.84. The van der Waals surface area contributed by atoms with Crippen LogP contribution < -0.4 is 0 Å². The number of quaternary nitrogens is 1. The number of halogens is 18. The van der Waals surface area contributed by atoms with Crippen LogP contribution in [0.5, 0.6) is 0 Å². The third-order valence-electron chi connectivity index (χ3n) is 4.93. The van der Waals surface area contributed by atoms with Gasteiger partial charge in [0.25, 0.3) is 0 Å². The van der Waals surface area contributed by atoms with Gasteiger partial charge in [0.05, 0.1) is 34.1 Å². The smallest absolute Gasteiger partial charge is 0.459 e. The largest absolute Gasteiger partial charge is 0.460 e. The van der Waals surface area contributed by atoms with Crippen molar-refractivity contribution in [1.82, 2.24) is 0 Å². The van der Waals surface area contributed by atoms with Gasteiger partial charge in [-0.25, -0.2) is 0 Å². The Morgan fingerprint density at radius 2 is 0.953 bits per heavy atom. The van der Waals surface area contributed by atoms with Gasteiger partial charge in [-0.2, -0.15) is 79.0 Å². The number of hydrogen-bond donors (Lipinski definition) is 0. The number of ether oxygens (including phenoxy) is 2. The maximum atomic E-state index is 13.7. The maximum absolute atomic E-state index is 13.7. The van der Waals surface area contributed by atoms with Crippen molar-refractivity contribution < 1.29 is 103 Å². The van der Waals surface area contributed by atoms with Gasteiger partial charge in [0, 0.05) is 5.75 Å². The van der Waals surface area contributed by atoms with Crippen LogP contribution in [0.3, 0.4) is 0 Å². The molecule has 0 aliphatic carbocycles. The summed E-state index contributed by atoms with van der Waals surface area (Å²) in [5, 5.41) is -2.35. The lowest BCUT2D eigenvalue weighted by Crippen LogP contribution is -2.62. The Bertz CT molecular complexity index is 974. The zero-order chi connectivity index (χ0) is 34.9. The highest BCUT2D eigenvalue weighted by atomic mass is 32.2. The van der Waals surface area contributed by atoms with Crippen LogP contribution in [0, 0.1) is 0 Å². The summed E-state index contributed by atoms with van der Waals surface area (Å²) in [5.74, 6) is -46.9. The van der Waals surface area contributed by atoms with Gasteiger partial charge in [0.2, 0.25) is 0 Å². The minimum atomic E-state index is -7.37. The van der Waals surface area contributed by atoms with Gasteiger partial charge in [-0.15, -0.1) is 11.8 Å². The second kappa shape index (κ2) is 12.8. The first-order chi connectivity index (χ1) is 18.6. The summed E-state index contributed by atoms with van der Waals surface area (Å²) in [5.41, 5.74) is 0. The Morgan fingerprint density at radius 3 is 1.28 bits per heavy atom. The minimum Gasteiger partial charge on any atom is -0.459 e. The van der Waals surface area contributed by atoms with Crippen molar-refractivity contribution in [1.29, 1.82) is 0 Å². The molecule has 0 aliphatic rings. The lowest BCUT2D eigenvalue weighted by atomic mass is 10.0. The summed E-state index contributed by atoms with van der Waals surface area (Å²) in [7, 11) is 4.47. The zero-order valence-electron chi connectivity index (χ0n) is 21.4. The average molecular weight is 700 g/mol. The molecule has 0 heterocycles. The van der Waals surface area contributed by atoms with Crippen LogP contribution in [0.4, 0.5) is 79.0 Å². The highest BCUT2D eigenvalue weighted by molar-refractivity contribution is 8.00. The van der Waals surface area contributed by atoms with E-state index in [1.807, 2.05) is 0 Å². The van der Waals surface area contributed by atoms with E-state index in [0.717, 1.165) is 0 Å². The number of thioether (sulfide) groups is 1. The molecule has 0 amide bonds. The molecule has 0 saturated carbocycles. The molecule has 0 fully saturated rings. The first-order valence-corrected chi connectivity index (χ1v) is 11.8. The predicted molar refractivity (Wildman–Crippen MR) is 107 cm³/mol. The van der Waals surface area contributed by atoms with Crippen molar-refractivity contribution in [3.63, 3.8) is 0 Å². The fourth-order valence-electron chi connectivity index (χ4n) is 2.31. The van der Waals surface area contributed by atoms with Crippen molar-refractivity contribution >= 4 is 23.7 Å². The van der Waals surface area contributed by atoms with E-state index in [1.54, 1.807) is 0 Å². The van der Waals surface area contributed by atoms with Crippen LogP contribution >= 0.6 is 11.8 Å². The number of nitrogens with zero attached hydrogens (tertiary/aromatic N) is 1. The molecule has 1 unspecified atom stereocenters. The van der Waals surface area contributed by atoms with Crippen molar-refractivity contribution in [2.24, 2.45) is 0 Å². The first kappa shape index (κ1) is 41.0. The third kappa shape index (κ3) is 9.25. The van der Waals surface area contributed by atoms with E-state index in [1.165, 1.54) is 21.1 Å².